The zero-order valence-corrected chi connectivity index (χ0v) is 12.4. The quantitative estimate of drug-likeness (QED) is 0.642. The Balaban J connectivity index is 1.97. The molecule has 2 rings (SSSR count). The zero-order valence-electron chi connectivity index (χ0n) is 11.6. The highest BCUT2D eigenvalue weighted by atomic mass is 32.2. The molecule has 3 nitrogen and oxygen atoms in total. The van der Waals surface area contributed by atoms with E-state index >= 15 is 0 Å². The summed E-state index contributed by atoms with van der Waals surface area (Å²) in [6.07, 6.45) is 2.79. The highest BCUT2D eigenvalue weighted by Gasteiger charge is 2.44. The van der Waals surface area contributed by atoms with Crippen LogP contribution >= 0.6 is 11.8 Å². The van der Waals surface area contributed by atoms with Crippen molar-refractivity contribution in [1.29, 1.82) is 0 Å². The van der Waals surface area contributed by atoms with Gasteiger partial charge in [-0.25, -0.2) is 0 Å². The van der Waals surface area contributed by atoms with Gasteiger partial charge in [-0.2, -0.15) is 0 Å². The summed E-state index contributed by atoms with van der Waals surface area (Å²) in [5, 5.41) is 0. The van der Waals surface area contributed by atoms with E-state index in [-0.39, 0.29) is 11.4 Å². The monoisotopic (exact) mass is 279 g/mol. The number of rotatable bonds is 6. The van der Waals surface area contributed by atoms with Crippen molar-refractivity contribution in [3.63, 3.8) is 0 Å². The second-order valence-electron chi connectivity index (χ2n) is 5.36. The van der Waals surface area contributed by atoms with Crippen LogP contribution in [0.4, 0.5) is 0 Å². The van der Waals surface area contributed by atoms with Gasteiger partial charge in [0, 0.05) is 17.2 Å². The molecule has 1 aromatic rings. The lowest BCUT2D eigenvalue weighted by molar-refractivity contribution is -0.141. The maximum absolute atomic E-state index is 11.4. The predicted octanol–water partition coefficient (Wildman–Crippen LogP) is 2.89. The molecule has 19 heavy (non-hydrogen) atoms. The Bertz CT molecular complexity index is 469. The third-order valence-corrected chi connectivity index (χ3v) is 5.14. The second-order valence-corrected chi connectivity index (χ2v) is 6.37. The predicted molar refractivity (Wildman–Crippen MR) is 78.1 cm³/mol. The molecule has 0 radical (unpaired) electrons. The molecule has 0 heterocycles. The zero-order chi connectivity index (χ0) is 13.9. The van der Waals surface area contributed by atoms with E-state index in [1.54, 1.807) is 0 Å². The third kappa shape index (κ3) is 3.74. The fourth-order valence-corrected chi connectivity index (χ4v) is 3.51. The van der Waals surface area contributed by atoms with Crippen molar-refractivity contribution < 1.29 is 9.53 Å². The molecular formula is C15H21NO2S. The topological polar surface area (TPSA) is 52.3 Å². The number of methoxy groups -OCH3 is 1. The number of nitrogens with two attached hydrogens (primary N) is 1. The van der Waals surface area contributed by atoms with Crippen LogP contribution in [-0.4, -0.2) is 18.8 Å². The highest BCUT2D eigenvalue weighted by Crippen LogP contribution is 2.52. The number of aryl methyl sites for hydroxylation is 1. The normalized spacial score (nSPS) is 16.2. The summed E-state index contributed by atoms with van der Waals surface area (Å²) in [5.74, 6) is 0.874. The van der Waals surface area contributed by atoms with Gasteiger partial charge in [-0.05, 0) is 36.8 Å². The minimum atomic E-state index is -0.0962. The van der Waals surface area contributed by atoms with E-state index in [0.717, 1.165) is 18.6 Å². The van der Waals surface area contributed by atoms with Gasteiger partial charge in [0.25, 0.3) is 0 Å². The van der Waals surface area contributed by atoms with E-state index in [9.17, 15) is 4.79 Å². The van der Waals surface area contributed by atoms with Crippen molar-refractivity contribution in [2.24, 2.45) is 11.1 Å². The second kappa shape index (κ2) is 5.97. The minimum absolute atomic E-state index is 0.0962. The van der Waals surface area contributed by atoms with E-state index in [4.69, 9.17) is 10.5 Å². The van der Waals surface area contributed by atoms with Gasteiger partial charge in [0.2, 0.25) is 0 Å². The summed E-state index contributed by atoms with van der Waals surface area (Å²) in [7, 11) is 1.46. The maximum Gasteiger partial charge on any atom is 0.306 e. The number of carbonyl (C=O) groups is 1. The van der Waals surface area contributed by atoms with Crippen LogP contribution in [0.3, 0.4) is 0 Å². The van der Waals surface area contributed by atoms with Crippen molar-refractivity contribution in [1.82, 2.24) is 0 Å². The van der Waals surface area contributed by atoms with Gasteiger partial charge in [-0.15, -0.1) is 11.8 Å². The van der Waals surface area contributed by atoms with Gasteiger partial charge in [-0.3, -0.25) is 4.79 Å². The number of benzene rings is 1. The molecule has 1 saturated carbocycles. The van der Waals surface area contributed by atoms with Crippen molar-refractivity contribution >= 4 is 17.7 Å². The van der Waals surface area contributed by atoms with Crippen molar-refractivity contribution in [3.05, 3.63) is 29.3 Å². The molecule has 0 bridgehead atoms. The first-order valence-electron chi connectivity index (χ1n) is 6.58. The molecule has 1 aliphatic rings. The lowest BCUT2D eigenvalue weighted by Crippen LogP contribution is -2.13. The molecule has 0 amide bonds. The van der Waals surface area contributed by atoms with E-state index in [2.05, 4.69) is 25.1 Å². The average Bonchev–Trinajstić information content (AvgIpc) is 3.17. The molecule has 0 unspecified atom stereocenters. The van der Waals surface area contributed by atoms with Crippen molar-refractivity contribution in [2.75, 3.05) is 12.9 Å². The smallest absolute Gasteiger partial charge is 0.306 e. The van der Waals surface area contributed by atoms with Gasteiger partial charge >= 0.3 is 5.97 Å². The summed E-state index contributed by atoms with van der Waals surface area (Å²) >= 11 is 1.81. The summed E-state index contributed by atoms with van der Waals surface area (Å²) in [6.45, 7) is 2.64. The molecule has 0 saturated heterocycles. The van der Waals surface area contributed by atoms with E-state index < -0.39 is 0 Å². The Kier molecular flexibility index (Phi) is 4.53. The maximum atomic E-state index is 11.4. The lowest BCUT2D eigenvalue weighted by atomic mass is 10.1. The molecule has 0 aliphatic heterocycles. The highest BCUT2D eigenvalue weighted by molar-refractivity contribution is 7.99. The van der Waals surface area contributed by atoms with Crippen LogP contribution in [-0.2, 0) is 16.1 Å². The Morgan fingerprint density at radius 2 is 2.21 bits per heavy atom. The van der Waals surface area contributed by atoms with E-state index in [1.165, 1.54) is 23.1 Å². The number of hydrogen-bond donors (Lipinski definition) is 1. The van der Waals surface area contributed by atoms with E-state index in [1.807, 2.05) is 11.8 Å². The first-order valence-corrected chi connectivity index (χ1v) is 7.56. The SMILES string of the molecule is COC(=O)CC1(CSc2ccc(C)cc2CN)CC1. The van der Waals surface area contributed by atoms with Crippen LogP contribution in [0.25, 0.3) is 0 Å². The van der Waals surface area contributed by atoms with Crippen LogP contribution in [0.5, 0.6) is 0 Å². The molecule has 0 atom stereocenters. The van der Waals surface area contributed by atoms with Gasteiger partial charge < -0.3 is 10.5 Å². The summed E-state index contributed by atoms with van der Waals surface area (Å²) < 4.78 is 4.77. The first-order chi connectivity index (χ1) is 9.08. The lowest BCUT2D eigenvalue weighted by Gasteiger charge is -2.15. The summed E-state index contributed by atoms with van der Waals surface area (Å²) in [6, 6.07) is 6.39. The summed E-state index contributed by atoms with van der Waals surface area (Å²) in [5.41, 5.74) is 8.38. The molecule has 1 aliphatic carbocycles. The third-order valence-electron chi connectivity index (χ3n) is 3.67. The molecule has 2 N–H and O–H groups in total. The van der Waals surface area contributed by atoms with Gasteiger partial charge in [0.05, 0.1) is 13.5 Å². The molecule has 4 heteroatoms. The van der Waals surface area contributed by atoms with Gasteiger partial charge in [-0.1, -0.05) is 17.7 Å². The number of carbonyl (C=O) groups excluding carboxylic acids is 1. The number of ether oxygens (including phenoxy) is 1. The Hall–Kier alpha value is -1.00. The Morgan fingerprint density at radius 1 is 1.47 bits per heavy atom. The average molecular weight is 279 g/mol. The Labute approximate surface area is 118 Å². The van der Waals surface area contributed by atoms with Crippen molar-refractivity contribution in [3.8, 4) is 0 Å². The molecule has 1 fully saturated rings. The molecule has 0 spiro atoms. The first kappa shape index (κ1) is 14.4. The largest absolute Gasteiger partial charge is 0.469 e. The Morgan fingerprint density at radius 3 is 2.79 bits per heavy atom. The fraction of sp³-hybridized carbons (Fsp3) is 0.533. The van der Waals surface area contributed by atoms with Crippen LogP contribution < -0.4 is 5.73 Å². The summed E-state index contributed by atoms with van der Waals surface area (Å²) in [4.78, 5) is 12.6. The van der Waals surface area contributed by atoms with E-state index in [0.29, 0.717) is 13.0 Å². The minimum Gasteiger partial charge on any atom is -0.469 e. The number of esters is 1. The van der Waals surface area contributed by atoms with Crippen LogP contribution in [0.1, 0.15) is 30.4 Å². The fourth-order valence-electron chi connectivity index (χ4n) is 2.17. The molecule has 1 aromatic carbocycles. The standard InChI is InChI=1S/C15H21NO2S/c1-11-3-4-13(12(7-11)9-16)19-10-15(5-6-15)8-14(17)18-2/h3-4,7H,5-6,8-10,16H2,1-2H3. The van der Waals surface area contributed by atoms with Crippen LogP contribution in [0.2, 0.25) is 0 Å². The molecule has 104 valence electrons. The van der Waals surface area contributed by atoms with Crippen LogP contribution in [0.15, 0.2) is 23.1 Å². The van der Waals surface area contributed by atoms with Gasteiger partial charge in [0.15, 0.2) is 0 Å². The number of hydrogen-bond acceptors (Lipinski definition) is 4. The van der Waals surface area contributed by atoms with Crippen LogP contribution in [0, 0.1) is 12.3 Å². The molecule has 0 aromatic heterocycles. The molecular weight excluding hydrogens is 258 g/mol. The number of thioether (sulfide) groups is 1. The van der Waals surface area contributed by atoms with Crippen molar-refractivity contribution in [2.45, 2.75) is 37.6 Å². The van der Waals surface area contributed by atoms with Gasteiger partial charge in [0.1, 0.15) is 0 Å².